The van der Waals surface area contributed by atoms with Crippen LogP contribution in [0.25, 0.3) is 0 Å². The molecule has 0 spiro atoms. The lowest BCUT2D eigenvalue weighted by atomic mass is 10.1. The first-order chi connectivity index (χ1) is 12.5. The number of guanidine groups is 1. The van der Waals surface area contributed by atoms with E-state index >= 15 is 0 Å². The summed E-state index contributed by atoms with van der Waals surface area (Å²) in [5.41, 5.74) is 4.58. The lowest BCUT2D eigenvalue weighted by Crippen LogP contribution is -2.38. The number of aromatic nitrogens is 2. The fourth-order valence-electron chi connectivity index (χ4n) is 2.83. The summed E-state index contributed by atoms with van der Waals surface area (Å²) in [4.78, 5) is 4.28. The van der Waals surface area contributed by atoms with Crippen molar-refractivity contribution in [2.45, 2.75) is 26.8 Å². The van der Waals surface area contributed by atoms with Gasteiger partial charge in [-0.2, -0.15) is 5.10 Å². The summed E-state index contributed by atoms with van der Waals surface area (Å²) in [6.07, 6.45) is 0.853. The van der Waals surface area contributed by atoms with Crippen molar-refractivity contribution in [1.29, 1.82) is 0 Å². The van der Waals surface area contributed by atoms with E-state index in [-0.39, 0.29) is 0 Å². The molecule has 0 saturated heterocycles. The van der Waals surface area contributed by atoms with Crippen molar-refractivity contribution in [1.82, 2.24) is 20.4 Å². The minimum atomic E-state index is 0.696. The average Bonchev–Trinajstić information content (AvgIpc) is 2.89. The third kappa shape index (κ3) is 4.68. The van der Waals surface area contributed by atoms with Gasteiger partial charge >= 0.3 is 0 Å². The summed E-state index contributed by atoms with van der Waals surface area (Å²) in [6.45, 7) is 5.56. The van der Waals surface area contributed by atoms with E-state index < -0.39 is 0 Å². The van der Waals surface area contributed by atoms with Gasteiger partial charge in [-0.05, 0) is 38.0 Å². The molecule has 0 saturated carbocycles. The molecule has 7 nitrogen and oxygen atoms in total. The number of nitrogens with one attached hydrogen (secondary N) is 2. The highest BCUT2D eigenvalue weighted by Gasteiger charge is 2.10. The molecule has 2 aromatic rings. The maximum atomic E-state index is 5.35. The van der Waals surface area contributed by atoms with E-state index in [2.05, 4.69) is 27.6 Å². The second-order valence-corrected chi connectivity index (χ2v) is 6.06. The molecule has 2 rings (SSSR count). The first-order valence-electron chi connectivity index (χ1n) is 8.64. The van der Waals surface area contributed by atoms with E-state index in [1.54, 1.807) is 21.3 Å². The van der Waals surface area contributed by atoms with E-state index in [9.17, 15) is 0 Å². The highest BCUT2D eigenvalue weighted by molar-refractivity contribution is 5.79. The van der Waals surface area contributed by atoms with Gasteiger partial charge in [0.25, 0.3) is 0 Å². The SMILES string of the molecule is CN=C(NCCc1ccc(OC)c(OC)c1)NCc1c(C)nn(C)c1C. The molecule has 0 aliphatic rings. The van der Waals surface area contributed by atoms with Crippen molar-refractivity contribution in [2.24, 2.45) is 12.0 Å². The van der Waals surface area contributed by atoms with Crippen molar-refractivity contribution in [3.05, 3.63) is 40.7 Å². The van der Waals surface area contributed by atoms with Crippen LogP contribution in [-0.4, -0.2) is 43.6 Å². The number of ether oxygens (including phenoxy) is 2. The Morgan fingerprint density at radius 2 is 1.88 bits per heavy atom. The van der Waals surface area contributed by atoms with Gasteiger partial charge in [0.1, 0.15) is 0 Å². The third-order valence-corrected chi connectivity index (χ3v) is 4.47. The Morgan fingerprint density at radius 1 is 1.15 bits per heavy atom. The lowest BCUT2D eigenvalue weighted by Gasteiger charge is -2.13. The molecule has 0 atom stereocenters. The molecular weight excluding hydrogens is 330 g/mol. The van der Waals surface area contributed by atoms with Gasteiger partial charge in [0, 0.05) is 38.4 Å². The molecule has 1 aromatic heterocycles. The Morgan fingerprint density at radius 3 is 2.46 bits per heavy atom. The summed E-state index contributed by atoms with van der Waals surface area (Å²) >= 11 is 0. The van der Waals surface area contributed by atoms with Crippen LogP contribution in [0.5, 0.6) is 11.5 Å². The molecule has 7 heteroatoms. The van der Waals surface area contributed by atoms with Gasteiger partial charge in [0.05, 0.1) is 19.9 Å². The molecule has 142 valence electrons. The average molecular weight is 359 g/mol. The van der Waals surface area contributed by atoms with Gasteiger partial charge in [-0.1, -0.05) is 6.07 Å². The predicted molar refractivity (Wildman–Crippen MR) is 104 cm³/mol. The molecule has 2 N–H and O–H groups in total. The number of hydrogen-bond acceptors (Lipinski definition) is 4. The zero-order valence-corrected chi connectivity index (χ0v) is 16.5. The van der Waals surface area contributed by atoms with Crippen LogP contribution in [0, 0.1) is 13.8 Å². The minimum absolute atomic E-state index is 0.696. The Hall–Kier alpha value is -2.70. The van der Waals surface area contributed by atoms with Crippen molar-refractivity contribution >= 4 is 5.96 Å². The zero-order valence-electron chi connectivity index (χ0n) is 16.5. The van der Waals surface area contributed by atoms with Gasteiger partial charge in [-0.3, -0.25) is 9.67 Å². The Balaban J connectivity index is 1.87. The van der Waals surface area contributed by atoms with Crippen molar-refractivity contribution in [3.8, 4) is 11.5 Å². The van der Waals surface area contributed by atoms with E-state index in [0.29, 0.717) is 6.54 Å². The summed E-state index contributed by atoms with van der Waals surface area (Å²) < 4.78 is 12.5. The first kappa shape index (κ1) is 19.6. The number of hydrogen-bond donors (Lipinski definition) is 2. The molecule has 1 aromatic carbocycles. The monoisotopic (exact) mass is 359 g/mol. The number of nitrogens with zero attached hydrogens (tertiary/aromatic N) is 3. The third-order valence-electron chi connectivity index (χ3n) is 4.47. The number of aryl methyl sites for hydroxylation is 2. The Kier molecular flexibility index (Phi) is 6.89. The minimum Gasteiger partial charge on any atom is -0.493 e. The normalized spacial score (nSPS) is 11.4. The van der Waals surface area contributed by atoms with Crippen LogP contribution >= 0.6 is 0 Å². The fraction of sp³-hybridized carbons (Fsp3) is 0.474. The van der Waals surface area contributed by atoms with Gasteiger partial charge in [0.2, 0.25) is 0 Å². The maximum Gasteiger partial charge on any atom is 0.191 e. The molecule has 0 radical (unpaired) electrons. The van der Waals surface area contributed by atoms with Gasteiger partial charge < -0.3 is 20.1 Å². The topological polar surface area (TPSA) is 72.7 Å². The van der Waals surface area contributed by atoms with Crippen LogP contribution in [-0.2, 0) is 20.0 Å². The van der Waals surface area contributed by atoms with Gasteiger partial charge in [-0.15, -0.1) is 0 Å². The smallest absolute Gasteiger partial charge is 0.191 e. The molecular formula is C19H29N5O2. The number of benzene rings is 1. The van der Waals surface area contributed by atoms with Crippen LogP contribution in [0.15, 0.2) is 23.2 Å². The highest BCUT2D eigenvalue weighted by atomic mass is 16.5. The Labute approximate surface area is 155 Å². The summed E-state index contributed by atoms with van der Waals surface area (Å²) in [5, 5.41) is 11.1. The largest absolute Gasteiger partial charge is 0.493 e. The van der Waals surface area contributed by atoms with Crippen LogP contribution in [0.2, 0.25) is 0 Å². The quantitative estimate of drug-likeness (QED) is 0.584. The molecule has 0 bridgehead atoms. The van der Waals surface area contributed by atoms with E-state index in [1.165, 1.54) is 11.1 Å². The molecule has 0 fully saturated rings. The summed E-state index contributed by atoms with van der Waals surface area (Å²) in [7, 11) is 7.02. The lowest BCUT2D eigenvalue weighted by molar-refractivity contribution is 0.354. The number of rotatable bonds is 7. The molecule has 0 aliphatic carbocycles. The summed E-state index contributed by atoms with van der Waals surface area (Å²) in [6, 6.07) is 5.97. The van der Waals surface area contributed by atoms with Crippen LogP contribution < -0.4 is 20.1 Å². The van der Waals surface area contributed by atoms with E-state index in [1.807, 2.05) is 36.9 Å². The van der Waals surface area contributed by atoms with Gasteiger partial charge in [-0.25, -0.2) is 0 Å². The zero-order chi connectivity index (χ0) is 19.1. The highest BCUT2D eigenvalue weighted by Crippen LogP contribution is 2.27. The van der Waals surface area contributed by atoms with Gasteiger partial charge in [0.15, 0.2) is 17.5 Å². The number of aliphatic imine (C=N–C) groups is 1. The second kappa shape index (κ2) is 9.12. The first-order valence-corrected chi connectivity index (χ1v) is 8.64. The second-order valence-electron chi connectivity index (χ2n) is 6.06. The molecule has 0 aliphatic heterocycles. The van der Waals surface area contributed by atoms with Crippen LogP contribution in [0.3, 0.4) is 0 Å². The number of methoxy groups -OCH3 is 2. The molecule has 0 unspecified atom stereocenters. The van der Waals surface area contributed by atoms with E-state index in [0.717, 1.165) is 41.8 Å². The summed E-state index contributed by atoms with van der Waals surface area (Å²) in [5.74, 6) is 2.26. The van der Waals surface area contributed by atoms with Crippen LogP contribution in [0.4, 0.5) is 0 Å². The molecule has 1 heterocycles. The molecule has 0 amide bonds. The fourth-order valence-corrected chi connectivity index (χ4v) is 2.83. The standard InChI is InChI=1S/C19H29N5O2/c1-13-16(14(2)24(4)23-13)12-22-19(20-3)21-10-9-15-7-8-17(25-5)18(11-15)26-6/h7-8,11H,9-10,12H2,1-6H3,(H2,20,21,22). The molecule has 26 heavy (non-hydrogen) atoms. The van der Waals surface area contributed by atoms with Crippen molar-refractivity contribution in [3.63, 3.8) is 0 Å². The predicted octanol–water partition coefficient (Wildman–Crippen LogP) is 1.96. The Bertz CT molecular complexity index is 768. The van der Waals surface area contributed by atoms with E-state index in [4.69, 9.17) is 9.47 Å². The van der Waals surface area contributed by atoms with Crippen molar-refractivity contribution < 1.29 is 9.47 Å². The van der Waals surface area contributed by atoms with Crippen LogP contribution in [0.1, 0.15) is 22.5 Å². The maximum absolute atomic E-state index is 5.35. The van der Waals surface area contributed by atoms with Crippen molar-refractivity contribution in [2.75, 3.05) is 27.8 Å².